The molecule has 0 aromatic carbocycles. The predicted molar refractivity (Wildman–Crippen MR) is 21.1 cm³/mol. The van der Waals surface area contributed by atoms with Crippen molar-refractivity contribution in [1.82, 2.24) is 10.9 Å². The van der Waals surface area contributed by atoms with Crippen molar-refractivity contribution in [2.45, 2.75) is 6.92 Å². The summed E-state index contributed by atoms with van der Waals surface area (Å²) in [5, 5.41) is 0. The van der Waals surface area contributed by atoms with Crippen LogP contribution in [-0.2, 0) is 4.74 Å². The van der Waals surface area contributed by atoms with Crippen molar-refractivity contribution >= 4 is 0 Å². The minimum atomic E-state index is 0.589. The first-order chi connectivity index (χ1) is 2.89. The second-order valence-electron chi connectivity index (χ2n) is 1.15. The van der Waals surface area contributed by atoms with Crippen LogP contribution in [0.25, 0.3) is 0 Å². The minimum absolute atomic E-state index is 0.589. The first kappa shape index (κ1) is 4.05. The SMILES string of the molecule is C[C]1NNCO1. The number of ether oxygens (including phenoxy) is 1. The molecule has 6 heavy (non-hydrogen) atoms. The van der Waals surface area contributed by atoms with E-state index in [4.69, 9.17) is 4.74 Å². The van der Waals surface area contributed by atoms with Crippen LogP contribution in [-0.4, -0.2) is 6.73 Å². The summed E-state index contributed by atoms with van der Waals surface area (Å²) in [6.07, 6.45) is 0.843. The largest absolute Gasteiger partial charge is 0.339 e. The Morgan fingerprint density at radius 1 is 1.83 bits per heavy atom. The maximum absolute atomic E-state index is 4.85. The van der Waals surface area contributed by atoms with Gasteiger partial charge >= 0.3 is 0 Å². The molecule has 3 nitrogen and oxygen atoms in total. The van der Waals surface area contributed by atoms with Gasteiger partial charge in [0, 0.05) is 0 Å². The van der Waals surface area contributed by atoms with Crippen LogP contribution in [0.4, 0.5) is 0 Å². The van der Waals surface area contributed by atoms with E-state index < -0.39 is 0 Å². The Balaban J connectivity index is 2.18. The third-order valence-electron chi connectivity index (χ3n) is 0.625. The molecule has 1 heterocycles. The zero-order valence-corrected chi connectivity index (χ0v) is 3.62. The molecule has 0 aromatic rings. The highest BCUT2D eigenvalue weighted by atomic mass is 16.5. The second kappa shape index (κ2) is 1.55. The van der Waals surface area contributed by atoms with Gasteiger partial charge in [0.1, 0.15) is 6.73 Å². The van der Waals surface area contributed by atoms with Crippen molar-refractivity contribution < 1.29 is 4.74 Å². The van der Waals surface area contributed by atoms with E-state index >= 15 is 0 Å². The molecule has 1 aliphatic heterocycles. The van der Waals surface area contributed by atoms with Gasteiger partial charge in [-0.2, -0.15) is 0 Å². The van der Waals surface area contributed by atoms with E-state index in [1.54, 1.807) is 0 Å². The quantitative estimate of drug-likeness (QED) is 0.421. The standard InChI is InChI=1S/C3H7N2O/c1-3-5-4-2-6-3/h4-5H,2H2,1H3. The number of hydrazine groups is 1. The van der Waals surface area contributed by atoms with E-state index in [0.29, 0.717) is 6.73 Å². The van der Waals surface area contributed by atoms with E-state index in [1.807, 2.05) is 6.92 Å². The lowest BCUT2D eigenvalue weighted by Gasteiger charge is -1.91. The van der Waals surface area contributed by atoms with E-state index in [0.717, 1.165) is 6.23 Å². The average Bonchev–Trinajstić information content (AvgIpc) is 1.86. The zero-order chi connectivity index (χ0) is 4.41. The highest BCUT2D eigenvalue weighted by Crippen LogP contribution is 1.94. The average molecular weight is 87.1 g/mol. The molecular weight excluding hydrogens is 80.0 g/mol. The normalized spacial score (nSPS) is 25.5. The maximum atomic E-state index is 4.85. The Kier molecular flexibility index (Phi) is 1.05. The summed E-state index contributed by atoms with van der Waals surface area (Å²) < 4.78 is 4.85. The summed E-state index contributed by atoms with van der Waals surface area (Å²) in [7, 11) is 0. The Labute approximate surface area is 36.6 Å². The maximum Gasteiger partial charge on any atom is 0.174 e. The van der Waals surface area contributed by atoms with Crippen molar-refractivity contribution in [2.75, 3.05) is 6.73 Å². The van der Waals surface area contributed by atoms with Gasteiger partial charge in [-0.3, -0.25) is 0 Å². The highest BCUT2D eigenvalue weighted by molar-refractivity contribution is 4.66. The molecule has 0 saturated carbocycles. The summed E-state index contributed by atoms with van der Waals surface area (Å²) in [6, 6.07) is 0. The Hall–Kier alpha value is -0.120. The van der Waals surface area contributed by atoms with Crippen molar-refractivity contribution in [3.05, 3.63) is 6.23 Å². The topological polar surface area (TPSA) is 33.3 Å². The molecule has 0 bridgehead atoms. The van der Waals surface area contributed by atoms with E-state index in [9.17, 15) is 0 Å². The molecule has 1 fully saturated rings. The first-order valence-corrected chi connectivity index (χ1v) is 1.85. The zero-order valence-electron chi connectivity index (χ0n) is 3.62. The van der Waals surface area contributed by atoms with E-state index in [-0.39, 0.29) is 0 Å². The number of hydrogen-bond acceptors (Lipinski definition) is 3. The molecule has 35 valence electrons. The molecular formula is C3H7N2O. The van der Waals surface area contributed by atoms with Gasteiger partial charge in [-0.05, 0) is 6.92 Å². The number of rotatable bonds is 0. The Morgan fingerprint density at radius 3 is 2.83 bits per heavy atom. The highest BCUT2D eigenvalue weighted by Gasteiger charge is 2.06. The third kappa shape index (κ3) is 0.680. The molecule has 0 atom stereocenters. The lowest BCUT2D eigenvalue weighted by Crippen LogP contribution is -2.22. The fraction of sp³-hybridized carbons (Fsp3) is 0.667. The van der Waals surface area contributed by atoms with Crippen molar-refractivity contribution in [2.24, 2.45) is 0 Å². The van der Waals surface area contributed by atoms with Crippen LogP contribution in [0.1, 0.15) is 6.92 Å². The van der Waals surface area contributed by atoms with Gasteiger partial charge < -0.3 is 4.74 Å². The van der Waals surface area contributed by atoms with Gasteiger partial charge in [-0.1, -0.05) is 0 Å². The summed E-state index contributed by atoms with van der Waals surface area (Å²) >= 11 is 0. The molecule has 1 radical (unpaired) electrons. The summed E-state index contributed by atoms with van der Waals surface area (Å²) in [5.74, 6) is 0. The van der Waals surface area contributed by atoms with Crippen LogP contribution in [0.5, 0.6) is 0 Å². The van der Waals surface area contributed by atoms with E-state index in [2.05, 4.69) is 10.9 Å². The number of hydrogen-bond donors (Lipinski definition) is 2. The molecule has 3 heteroatoms. The Bertz CT molecular complexity index is 42.1. The van der Waals surface area contributed by atoms with Gasteiger partial charge in [0.25, 0.3) is 0 Å². The molecule has 1 rings (SSSR count). The fourth-order valence-corrected chi connectivity index (χ4v) is 0.341. The monoisotopic (exact) mass is 87.1 g/mol. The second-order valence-corrected chi connectivity index (χ2v) is 1.15. The van der Waals surface area contributed by atoms with Crippen molar-refractivity contribution in [3.63, 3.8) is 0 Å². The summed E-state index contributed by atoms with van der Waals surface area (Å²) in [6.45, 7) is 2.45. The molecule has 2 N–H and O–H groups in total. The summed E-state index contributed by atoms with van der Waals surface area (Å²) in [4.78, 5) is 0. The lowest BCUT2D eigenvalue weighted by molar-refractivity contribution is 0.196. The Morgan fingerprint density at radius 2 is 2.67 bits per heavy atom. The van der Waals surface area contributed by atoms with Gasteiger partial charge in [-0.25, -0.2) is 10.9 Å². The lowest BCUT2D eigenvalue weighted by atomic mass is 10.7. The van der Waals surface area contributed by atoms with Gasteiger partial charge in [0.15, 0.2) is 6.23 Å². The van der Waals surface area contributed by atoms with Crippen LogP contribution < -0.4 is 10.9 Å². The molecule has 1 saturated heterocycles. The molecule has 0 aliphatic carbocycles. The van der Waals surface area contributed by atoms with Gasteiger partial charge in [0.05, 0.1) is 0 Å². The van der Waals surface area contributed by atoms with Crippen LogP contribution >= 0.6 is 0 Å². The smallest absolute Gasteiger partial charge is 0.174 e. The van der Waals surface area contributed by atoms with Crippen LogP contribution in [0, 0.1) is 6.23 Å². The van der Waals surface area contributed by atoms with Crippen LogP contribution in [0.2, 0.25) is 0 Å². The predicted octanol–water partition coefficient (Wildman–Crippen LogP) is -0.422. The summed E-state index contributed by atoms with van der Waals surface area (Å²) in [5.41, 5.74) is 5.53. The first-order valence-electron chi connectivity index (χ1n) is 1.85. The fourth-order valence-electron chi connectivity index (χ4n) is 0.341. The van der Waals surface area contributed by atoms with Crippen molar-refractivity contribution in [1.29, 1.82) is 0 Å². The molecule has 0 amide bonds. The van der Waals surface area contributed by atoms with Crippen LogP contribution in [0.3, 0.4) is 0 Å². The molecule has 0 spiro atoms. The van der Waals surface area contributed by atoms with E-state index in [1.165, 1.54) is 0 Å². The van der Waals surface area contributed by atoms with Crippen LogP contribution in [0.15, 0.2) is 0 Å². The van der Waals surface area contributed by atoms with Crippen molar-refractivity contribution in [3.8, 4) is 0 Å². The van der Waals surface area contributed by atoms with Gasteiger partial charge in [-0.15, -0.1) is 0 Å². The molecule has 0 aromatic heterocycles. The minimum Gasteiger partial charge on any atom is -0.339 e. The third-order valence-corrected chi connectivity index (χ3v) is 0.625. The van der Waals surface area contributed by atoms with Gasteiger partial charge in [0.2, 0.25) is 0 Å². The number of nitrogens with one attached hydrogen (secondary N) is 2. The molecule has 0 unspecified atom stereocenters. The molecule has 1 aliphatic rings.